The van der Waals surface area contributed by atoms with Crippen molar-refractivity contribution < 1.29 is 13.6 Å². The number of anilines is 2. The Morgan fingerprint density at radius 1 is 0.837 bits per heavy atom. The van der Waals surface area contributed by atoms with Crippen molar-refractivity contribution in [2.24, 2.45) is 0 Å². The topological polar surface area (TPSA) is 104 Å². The minimum atomic E-state index is -0.356. The van der Waals surface area contributed by atoms with Gasteiger partial charge >= 0.3 is 0 Å². The number of nitrogens with zero attached hydrogens (tertiary/aromatic N) is 4. The molecule has 0 spiro atoms. The second kappa shape index (κ2) is 10.8. The zero-order chi connectivity index (χ0) is 29.5. The van der Waals surface area contributed by atoms with Crippen LogP contribution in [0.2, 0.25) is 5.02 Å². The third-order valence-corrected chi connectivity index (χ3v) is 7.56. The Labute approximate surface area is 250 Å². The summed E-state index contributed by atoms with van der Waals surface area (Å²) in [5, 5.41) is 14.4. The van der Waals surface area contributed by atoms with Gasteiger partial charge in [-0.2, -0.15) is 10.2 Å². The molecule has 0 saturated carbocycles. The maximum absolute atomic E-state index is 13.4. The van der Waals surface area contributed by atoms with Crippen molar-refractivity contribution in [3.05, 3.63) is 131 Å². The number of halogens is 2. The van der Waals surface area contributed by atoms with Crippen molar-refractivity contribution in [3.63, 3.8) is 0 Å². The molecule has 7 aromatic rings. The average molecular weight is 591 g/mol. The van der Waals surface area contributed by atoms with Gasteiger partial charge in [-0.1, -0.05) is 54.1 Å². The molecule has 0 atom stereocenters. The molecule has 0 bridgehead atoms. The first-order valence-electron chi connectivity index (χ1n) is 13.5. The number of benzene rings is 4. The van der Waals surface area contributed by atoms with Crippen LogP contribution in [0.4, 0.5) is 16.0 Å². The molecule has 0 saturated heterocycles. The van der Waals surface area contributed by atoms with Crippen molar-refractivity contribution >= 4 is 50.9 Å². The SMILES string of the molecule is Nc1nn(Cc2ccc(Cl)cc2)c2cc(-c3cc(C(=O)Nc4nn(Cc5ccc(F)cc5)c5ccccc45)co3)ccc12. The lowest BCUT2D eigenvalue weighted by Gasteiger charge is -2.05. The van der Waals surface area contributed by atoms with Crippen molar-refractivity contribution in [1.29, 1.82) is 0 Å². The normalized spacial score (nSPS) is 11.4. The molecular weight excluding hydrogens is 567 g/mol. The Kier molecular flexibility index (Phi) is 6.64. The summed E-state index contributed by atoms with van der Waals surface area (Å²) in [5.74, 6) is 0.727. The van der Waals surface area contributed by atoms with Gasteiger partial charge in [0.2, 0.25) is 0 Å². The molecule has 43 heavy (non-hydrogen) atoms. The van der Waals surface area contributed by atoms with Crippen molar-refractivity contribution in [3.8, 4) is 11.3 Å². The lowest BCUT2D eigenvalue weighted by molar-refractivity contribution is 0.102. The molecule has 0 aliphatic heterocycles. The molecule has 0 aliphatic carbocycles. The van der Waals surface area contributed by atoms with E-state index in [0.29, 0.717) is 41.1 Å². The van der Waals surface area contributed by atoms with Gasteiger partial charge in [0.05, 0.1) is 29.7 Å². The first-order chi connectivity index (χ1) is 20.9. The number of hydrogen-bond donors (Lipinski definition) is 2. The summed E-state index contributed by atoms with van der Waals surface area (Å²) in [6.45, 7) is 0.940. The first-order valence-corrected chi connectivity index (χ1v) is 13.9. The molecule has 3 heterocycles. The number of nitrogens with two attached hydrogens (primary N) is 1. The van der Waals surface area contributed by atoms with Crippen LogP contribution < -0.4 is 11.1 Å². The molecule has 10 heteroatoms. The van der Waals surface area contributed by atoms with Crippen LogP contribution in [0.1, 0.15) is 21.5 Å². The summed E-state index contributed by atoms with van der Waals surface area (Å²) >= 11 is 6.04. The van der Waals surface area contributed by atoms with E-state index in [2.05, 4.69) is 15.5 Å². The van der Waals surface area contributed by atoms with Crippen LogP contribution in [0, 0.1) is 5.82 Å². The van der Waals surface area contributed by atoms with Gasteiger partial charge in [0.1, 0.15) is 17.8 Å². The van der Waals surface area contributed by atoms with E-state index in [1.54, 1.807) is 22.9 Å². The molecule has 3 N–H and O–H groups in total. The zero-order valence-corrected chi connectivity index (χ0v) is 23.4. The van der Waals surface area contributed by atoms with Gasteiger partial charge < -0.3 is 15.5 Å². The third kappa shape index (κ3) is 5.22. The number of rotatable bonds is 7. The number of amides is 1. The van der Waals surface area contributed by atoms with Crippen LogP contribution in [0.5, 0.6) is 0 Å². The maximum atomic E-state index is 13.4. The number of para-hydroxylation sites is 1. The van der Waals surface area contributed by atoms with Gasteiger partial charge in [-0.05, 0) is 65.7 Å². The number of hydrogen-bond acceptors (Lipinski definition) is 5. The average Bonchev–Trinajstić information content (AvgIpc) is 3.72. The van der Waals surface area contributed by atoms with E-state index in [-0.39, 0.29) is 11.7 Å². The van der Waals surface area contributed by atoms with E-state index in [4.69, 9.17) is 21.8 Å². The van der Waals surface area contributed by atoms with Gasteiger partial charge in [-0.3, -0.25) is 14.2 Å². The number of furan rings is 1. The third-order valence-electron chi connectivity index (χ3n) is 7.31. The number of carbonyl (C=O) groups excluding carboxylic acids is 1. The standard InChI is InChI=1S/C33H24ClFN6O2/c34-24-10-5-20(6-11-24)18-41-29-15-22(9-14-26(29)31(36)38-41)30-16-23(19-43-30)33(42)37-32-27-3-1-2-4-28(27)40(39-32)17-21-7-12-25(35)13-8-21/h1-16,19H,17-18H2,(H2,36,38)(H,37,39,42). The first kappa shape index (κ1) is 26.5. The van der Waals surface area contributed by atoms with E-state index >= 15 is 0 Å². The second-order valence-electron chi connectivity index (χ2n) is 10.2. The van der Waals surface area contributed by atoms with Gasteiger partial charge in [-0.25, -0.2) is 4.39 Å². The minimum absolute atomic E-state index is 0.297. The highest BCUT2D eigenvalue weighted by Crippen LogP contribution is 2.30. The fraction of sp³-hybridized carbons (Fsp3) is 0.0606. The molecule has 8 nitrogen and oxygen atoms in total. The molecule has 0 fully saturated rings. The maximum Gasteiger partial charge on any atom is 0.260 e. The Balaban J connectivity index is 1.14. The molecule has 1 amide bonds. The fourth-order valence-electron chi connectivity index (χ4n) is 5.13. The molecule has 4 aromatic carbocycles. The highest BCUT2D eigenvalue weighted by Gasteiger charge is 2.18. The molecule has 212 valence electrons. The Bertz CT molecular complexity index is 2110. The fourth-order valence-corrected chi connectivity index (χ4v) is 5.25. The Morgan fingerprint density at radius 2 is 1.53 bits per heavy atom. The van der Waals surface area contributed by atoms with Gasteiger partial charge in [0, 0.05) is 21.4 Å². The zero-order valence-electron chi connectivity index (χ0n) is 22.7. The van der Waals surface area contributed by atoms with E-state index in [1.165, 1.54) is 18.4 Å². The van der Waals surface area contributed by atoms with Crippen LogP contribution in [-0.4, -0.2) is 25.5 Å². The second-order valence-corrected chi connectivity index (χ2v) is 10.6. The summed E-state index contributed by atoms with van der Waals surface area (Å²) in [6, 6.07) is 28.9. The van der Waals surface area contributed by atoms with Crippen LogP contribution in [-0.2, 0) is 13.1 Å². The Hall–Kier alpha value is -5.41. The number of fused-ring (bicyclic) bond motifs is 2. The van der Waals surface area contributed by atoms with Crippen molar-refractivity contribution in [2.75, 3.05) is 11.1 Å². The lowest BCUT2D eigenvalue weighted by atomic mass is 10.1. The molecule has 0 radical (unpaired) electrons. The number of nitrogen functional groups attached to an aromatic ring is 1. The van der Waals surface area contributed by atoms with Crippen molar-refractivity contribution in [1.82, 2.24) is 19.6 Å². The lowest BCUT2D eigenvalue weighted by Crippen LogP contribution is -2.12. The Morgan fingerprint density at radius 3 is 2.30 bits per heavy atom. The minimum Gasteiger partial charge on any atom is -0.464 e. The van der Waals surface area contributed by atoms with E-state index in [1.807, 2.05) is 71.4 Å². The smallest absolute Gasteiger partial charge is 0.260 e. The largest absolute Gasteiger partial charge is 0.464 e. The molecule has 0 aliphatic rings. The molecular formula is C33H24ClFN6O2. The van der Waals surface area contributed by atoms with Gasteiger partial charge in [0.25, 0.3) is 5.91 Å². The van der Waals surface area contributed by atoms with E-state index < -0.39 is 0 Å². The summed E-state index contributed by atoms with van der Waals surface area (Å²) in [5.41, 5.74) is 10.9. The molecule has 3 aromatic heterocycles. The highest BCUT2D eigenvalue weighted by molar-refractivity contribution is 6.30. The van der Waals surface area contributed by atoms with Crippen LogP contribution in [0.15, 0.2) is 108 Å². The number of aromatic nitrogens is 4. The quantitative estimate of drug-likeness (QED) is 0.202. The summed E-state index contributed by atoms with van der Waals surface area (Å²) in [4.78, 5) is 13.3. The highest BCUT2D eigenvalue weighted by atomic mass is 35.5. The van der Waals surface area contributed by atoms with Gasteiger partial charge in [-0.15, -0.1) is 0 Å². The van der Waals surface area contributed by atoms with Crippen LogP contribution >= 0.6 is 11.6 Å². The summed E-state index contributed by atoms with van der Waals surface area (Å²) in [6.07, 6.45) is 1.42. The van der Waals surface area contributed by atoms with Crippen LogP contribution in [0.25, 0.3) is 33.1 Å². The monoisotopic (exact) mass is 590 g/mol. The summed E-state index contributed by atoms with van der Waals surface area (Å²) < 4.78 is 22.8. The molecule has 7 rings (SSSR count). The predicted octanol–water partition coefficient (Wildman–Crippen LogP) is 7.37. The molecule has 0 unspecified atom stereocenters. The van der Waals surface area contributed by atoms with Crippen LogP contribution in [0.3, 0.4) is 0 Å². The van der Waals surface area contributed by atoms with Gasteiger partial charge in [0.15, 0.2) is 11.6 Å². The number of nitrogens with one attached hydrogen (secondary N) is 1. The predicted molar refractivity (Wildman–Crippen MR) is 166 cm³/mol. The van der Waals surface area contributed by atoms with E-state index in [0.717, 1.165) is 38.5 Å². The van der Waals surface area contributed by atoms with E-state index in [9.17, 15) is 9.18 Å². The number of carbonyl (C=O) groups is 1. The van der Waals surface area contributed by atoms with Crippen molar-refractivity contribution in [2.45, 2.75) is 13.1 Å². The summed E-state index contributed by atoms with van der Waals surface area (Å²) in [7, 11) is 0.